The Labute approximate surface area is 188 Å². The number of benzene rings is 3. The molecule has 3 aromatic carbocycles. The van der Waals surface area contributed by atoms with E-state index in [9.17, 15) is 9.59 Å². The van der Waals surface area contributed by atoms with Crippen molar-refractivity contribution in [2.24, 2.45) is 0 Å². The predicted octanol–water partition coefficient (Wildman–Crippen LogP) is 5.73. The van der Waals surface area contributed by atoms with Gasteiger partial charge < -0.3 is 10.6 Å². The third-order valence-corrected chi connectivity index (χ3v) is 6.68. The number of carbonyl (C=O) groups is 2. The number of amides is 2. The van der Waals surface area contributed by atoms with Gasteiger partial charge in [0.1, 0.15) is 5.01 Å². The number of fused-ring (bicyclic) bond motifs is 1. The molecular formula is C24H21N3O2S2. The number of rotatable bonds is 7. The number of thioether (sulfide) groups is 1. The molecule has 0 fully saturated rings. The summed E-state index contributed by atoms with van der Waals surface area (Å²) in [5, 5.41) is 6.75. The zero-order chi connectivity index (χ0) is 21.6. The van der Waals surface area contributed by atoms with Crippen molar-refractivity contribution in [1.29, 1.82) is 0 Å². The minimum Gasteiger partial charge on any atom is -0.325 e. The highest BCUT2D eigenvalue weighted by Gasteiger charge is 2.14. The van der Waals surface area contributed by atoms with Crippen LogP contribution in [0, 0.1) is 6.92 Å². The first-order valence-electron chi connectivity index (χ1n) is 9.77. The van der Waals surface area contributed by atoms with Crippen LogP contribution < -0.4 is 10.6 Å². The summed E-state index contributed by atoms with van der Waals surface area (Å²) in [4.78, 5) is 29.8. The number of thiazole rings is 1. The number of anilines is 2. The van der Waals surface area contributed by atoms with Crippen molar-refractivity contribution in [1.82, 2.24) is 4.98 Å². The molecule has 0 saturated carbocycles. The summed E-state index contributed by atoms with van der Waals surface area (Å²) >= 11 is 3.15. The minimum atomic E-state index is -0.261. The number of para-hydroxylation sites is 2. The van der Waals surface area contributed by atoms with E-state index < -0.39 is 0 Å². The number of hydrogen-bond donors (Lipinski definition) is 2. The zero-order valence-corrected chi connectivity index (χ0v) is 18.6. The van der Waals surface area contributed by atoms with Crippen molar-refractivity contribution in [2.45, 2.75) is 12.7 Å². The average molecular weight is 448 g/mol. The number of aromatic nitrogens is 1. The number of carbonyl (C=O) groups excluding carboxylic acids is 2. The van der Waals surface area contributed by atoms with Gasteiger partial charge in [0.15, 0.2) is 0 Å². The zero-order valence-electron chi connectivity index (χ0n) is 16.9. The highest BCUT2D eigenvalue weighted by molar-refractivity contribution is 7.99. The van der Waals surface area contributed by atoms with Crippen LogP contribution in [0.2, 0.25) is 0 Å². The third kappa shape index (κ3) is 5.51. The molecular weight excluding hydrogens is 426 g/mol. The molecule has 4 rings (SSSR count). The number of nitrogens with zero attached hydrogens (tertiary/aromatic N) is 1. The molecule has 0 atom stereocenters. The van der Waals surface area contributed by atoms with Crippen LogP contribution in [0.1, 0.15) is 20.9 Å². The summed E-state index contributed by atoms with van der Waals surface area (Å²) in [5.41, 5.74) is 3.69. The van der Waals surface area contributed by atoms with Gasteiger partial charge in [0, 0.05) is 11.4 Å². The molecule has 0 aliphatic rings. The molecule has 0 unspecified atom stereocenters. The van der Waals surface area contributed by atoms with Crippen LogP contribution in [0.4, 0.5) is 11.4 Å². The first-order valence-corrected chi connectivity index (χ1v) is 11.7. The fourth-order valence-electron chi connectivity index (χ4n) is 3.11. The van der Waals surface area contributed by atoms with Gasteiger partial charge in [-0.05, 0) is 48.9 Å². The van der Waals surface area contributed by atoms with Crippen molar-refractivity contribution < 1.29 is 9.59 Å². The molecule has 0 saturated heterocycles. The van der Waals surface area contributed by atoms with Crippen LogP contribution in [0.5, 0.6) is 0 Å². The highest BCUT2D eigenvalue weighted by atomic mass is 32.2. The Morgan fingerprint density at radius 2 is 1.77 bits per heavy atom. The van der Waals surface area contributed by atoms with E-state index in [4.69, 9.17) is 0 Å². The summed E-state index contributed by atoms with van der Waals surface area (Å²) in [6.45, 7) is 1.97. The van der Waals surface area contributed by atoms with E-state index in [0.717, 1.165) is 26.5 Å². The Morgan fingerprint density at radius 3 is 2.61 bits per heavy atom. The lowest BCUT2D eigenvalue weighted by atomic mass is 10.1. The lowest BCUT2D eigenvalue weighted by Gasteiger charge is -2.11. The topological polar surface area (TPSA) is 71.1 Å². The second kappa shape index (κ2) is 9.76. The van der Waals surface area contributed by atoms with Crippen molar-refractivity contribution in [2.75, 3.05) is 16.4 Å². The van der Waals surface area contributed by atoms with Crippen molar-refractivity contribution in [3.05, 3.63) is 88.9 Å². The molecule has 0 bridgehead atoms. The predicted molar refractivity (Wildman–Crippen MR) is 130 cm³/mol. The van der Waals surface area contributed by atoms with E-state index in [0.29, 0.717) is 17.0 Å². The van der Waals surface area contributed by atoms with Gasteiger partial charge in [0.2, 0.25) is 5.91 Å². The van der Waals surface area contributed by atoms with E-state index in [1.807, 2.05) is 55.5 Å². The molecule has 1 heterocycles. The van der Waals surface area contributed by atoms with E-state index >= 15 is 0 Å². The Morgan fingerprint density at radius 1 is 0.968 bits per heavy atom. The molecule has 2 N–H and O–H groups in total. The van der Waals surface area contributed by atoms with E-state index in [2.05, 4.69) is 15.6 Å². The lowest BCUT2D eigenvalue weighted by Crippen LogP contribution is -2.19. The summed E-state index contributed by atoms with van der Waals surface area (Å²) in [6.07, 6.45) is 0. The second-order valence-electron chi connectivity index (χ2n) is 6.99. The maximum Gasteiger partial charge on any atom is 0.257 e. The number of hydrogen-bond acceptors (Lipinski definition) is 5. The van der Waals surface area contributed by atoms with Crippen LogP contribution >= 0.6 is 23.1 Å². The quantitative estimate of drug-likeness (QED) is 0.380. The highest BCUT2D eigenvalue weighted by Crippen LogP contribution is 2.25. The third-order valence-electron chi connectivity index (χ3n) is 4.52. The fraction of sp³-hybridized carbons (Fsp3) is 0.125. The average Bonchev–Trinajstić information content (AvgIpc) is 3.17. The first kappa shape index (κ1) is 21.1. The monoisotopic (exact) mass is 447 g/mol. The van der Waals surface area contributed by atoms with Gasteiger partial charge in [-0.25, -0.2) is 4.98 Å². The summed E-state index contributed by atoms with van der Waals surface area (Å²) in [7, 11) is 0. The molecule has 5 nitrogen and oxygen atoms in total. The smallest absolute Gasteiger partial charge is 0.257 e. The molecule has 0 aliphatic heterocycles. The number of nitrogens with one attached hydrogen (secondary N) is 2. The van der Waals surface area contributed by atoms with Gasteiger partial charge in [-0.15, -0.1) is 23.1 Å². The largest absolute Gasteiger partial charge is 0.325 e. The maximum atomic E-state index is 12.7. The van der Waals surface area contributed by atoms with Crippen LogP contribution in [-0.4, -0.2) is 22.6 Å². The Hall–Kier alpha value is -3.16. The fourth-order valence-corrected chi connectivity index (χ4v) is 4.96. The Kier molecular flexibility index (Phi) is 6.64. The summed E-state index contributed by atoms with van der Waals surface area (Å²) in [6, 6.07) is 22.6. The van der Waals surface area contributed by atoms with Gasteiger partial charge in [-0.2, -0.15) is 0 Å². The molecule has 4 aromatic rings. The van der Waals surface area contributed by atoms with Crippen molar-refractivity contribution in [3.63, 3.8) is 0 Å². The van der Waals surface area contributed by atoms with Gasteiger partial charge in [0.05, 0.1) is 27.2 Å². The SMILES string of the molecule is Cc1cccc(NC(=O)c2ccccc2NC(=O)CSCc2nc3ccccc3s2)c1. The summed E-state index contributed by atoms with van der Waals surface area (Å²) in [5.74, 6) is 0.539. The molecule has 7 heteroatoms. The van der Waals surface area contributed by atoms with Crippen LogP contribution in [0.25, 0.3) is 10.2 Å². The van der Waals surface area contributed by atoms with Crippen LogP contribution in [-0.2, 0) is 10.5 Å². The van der Waals surface area contributed by atoms with E-state index in [1.54, 1.807) is 35.6 Å². The van der Waals surface area contributed by atoms with E-state index in [-0.39, 0.29) is 17.6 Å². The molecule has 0 spiro atoms. The normalized spacial score (nSPS) is 10.7. The maximum absolute atomic E-state index is 12.7. The van der Waals surface area contributed by atoms with Crippen molar-refractivity contribution in [3.8, 4) is 0 Å². The summed E-state index contributed by atoms with van der Waals surface area (Å²) < 4.78 is 1.15. The molecule has 0 aliphatic carbocycles. The standard InChI is InChI=1S/C24H21N3O2S2/c1-16-7-6-8-17(13-16)25-24(29)18-9-2-3-10-19(18)26-22(28)14-30-15-23-27-20-11-4-5-12-21(20)31-23/h2-13H,14-15H2,1H3,(H,25,29)(H,26,28). The van der Waals surface area contributed by atoms with Gasteiger partial charge in [0.25, 0.3) is 5.91 Å². The van der Waals surface area contributed by atoms with Crippen LogP contribution in [0.15, 0.2) is 72.8 Å². The molecule has 0 radical (unpaired) electrons. The van der Waals surface area contributed by atoms with Crippen molar-refractivity contribution >= 4 is 56.5 Å². The van der Waals surface area contributed by atoms with Gasteiger partial charge >= 0.3 is 0 Å². The van der Waals surface area contributed by atoms with Gasteiger partial charge in [-0.3, -0.25) is 9.59 Å². The van der Waals surface area contributed by atoms with Gasteiger partial charge in [-0.1, -0.05) is 36.4 Å². The van der Waals surface area contributed by atoms with E-state index in [1.165, 1.54) is 11.8 Å². The molecule has 2 amide bonds. The lowest BCUT2D eigenvalue weighted by molar-refractivity contribution is -0.113. The molecule has 1 aromatic heterocycles. The minimum absolute atomic E-state index is 0.151. The Bertz CT molecular complexity index is 1200. The Balaban J connectivity index is 1.35. The van der Waals surface area contributed by atoms with Crippen LogP contribution in [0.3, 0.4) is 0 Å². The number of aryl methyl sites for hydroxylation is 1. The second-order valence-corrected chi connectivity index (χ2v) is 9.09. The molecule has 31 heavy (non-hydrogen) atoms. The molecule has 156 valence electrons. The first-order chi connectivity index (χ1) is 15.1.